The zero-order valence-electron chi connectivity index (χ0n) is 10.3. The van der Waals surface area contributed by atoms with Gasteiger partial charge in [0.1, 0.15) is 0 Å². The molecule has 2 aliphatic rings. The van der Waals surface area contributed by atoms with Crippen molar-refractivity contribution in [3.63, 3.8) is 0 Å². The standard InChI is InChI=1S/C13H26N2/c1-11-6-5-7-12(2)15(11)10-13(14)8-3-4-9-13/h11-12H,3-10,14H2,1-2H3/t11-,12+. The largest absolute Gasteiger partial charge is 0.324 e. The number of hydrogen-bond donors (Lipinski definition) is 1. The quantitative estimate of drug-likeness (QED) is 0.759. The fourth-order valence-corrected chi connectivity index (χ4v) is 3.39. The summed E-state index contributed by atoms with van der Waals surface area (Å²) in [6, 6.07) is 1.49. The van der Waals surface area contributed by atoms with Gasteiger partial charge in [0.2, 0.25) is 0 Å². The van der Waals surface area contributed by atoms with Crippen molar-refractivity contribution in [1.29, 1.82) is 0 Å². The maximum atomic E-state index is 6.47. The molecular formula is C13H26N2. The molecule has 2 atom stereocenters. The van der Waals surface area contributed by atoms with Crippen LogP contribution in [0.15, 0.2) is 0 Å². The molecule has 0 unspecified atom stereocenters. The summed E-state index contributed by atoms with van der Waals surface area (Å²) in [5.74, 6) is 0. The maximum Gasteiger partial charge on any atom is 0.0283 e. The molecule has 1 aliphatic heterocycles. The van der Waals surface area contributed by atoms with Gasteiger partial charge in [0.25, 0.3) is 0 Å². The van der Waals surface area contributed by atoms with Crippen LogP contribution in [0, 0.1) is 0 Å². The second-order valence-electron chi connectivity index (χ2n) is 5.87. The van der Waals surface area contributed by atoms with Gasteiger partial charge in [-0.25, -0.2) is 0 Å². The minimum absolute atomic E-state index is 0.139. The maximum absolute atomic E-state index is 6.47. The lowest BCUT2D eigenvalue weighted by atomic mass is 9.92. The molecule has 1 saturated heterocycles. The van der Waals surface area contributed by atoms with Crippen LogP contribution in [0.2, 0.25) is 0 Å². The molecule has 0 radical (unpaired) electrons. The summed E-state index contributed by atoms with van der Waals surface area (Å²) in [4.78, 5) is 2.66. The van der Waals surface area contributed by atoms with E-state index in [1.165, 1.54) is 44.9 Å². The van der Waals surface area contributed by atoms with Crippen molar-refractivity contribution >= 4 is 0 Å². The topological polar surface area (TPSA) is 29.3 Å². The van der Waals surface area contributed by atoms with Gasteiger partial charge >= 0.3 is 0 Å². The fraction of sp³-hybridized carbons (Fsp3) is 1.00. The van der Waals surface area contributed by atoms with E-state index < -0.39 is 0 Å². The van der Waals surface area contributed by atoms with Crippen molar-refractivity contribution < 1.29 is 0 Å². The van der Waals surface area contributed by atoms with Gasteiger partial charge in [-0.15, -0.1) is 0 Å². The van der Waals surface area contributed by atoms with Gasteiger partial charge < -0.3 is 5.73 Å². The third-order valence-corrected chi connectivity index (χ3v) is 4.47. The second-order valence-corrected chi connectivity index (χ2v) is 5.87. The highest BCUT2D eigenvalue weighted by Crippen LogP contribution is 2.31. The van der Waals surface area contributed by atoms with E-state index in [4.69, 9.17) is 5.73 Å². The Hall–Kier alpha value is -0.0800. The predicted octanol–water partition coefficient (Wildman–Crippen LogP) is 2.52. The first-order chi connectivity index (χ1) is 7.11. The van der Waals surface area contributed by atoms with E-state index >= 15 is 0 Å². The van der Waals surface area contributed by atoms with Crippen LogP contribution in [0.25, 0.3) is 0 Å². The van der Waals surface area contributed by atoms with Crippen LogP contribution in [-0.4, -0.2) is 29.1 Å². The molecule has 2 fully saturated rings. The highest BCUT2D eigenvalue weighted by atomic mass is 15.2. The first-order valence-corrected chi connectivity index (χ1v) is 6.65. The van der Waals surface area contributed by atoms with E-state index in [1.54, 1.807) is 0 Å². The number of hydrogen-bond acceptors (Lipinski definition) is 2. The molecule has 88 valence electrons. The van der Waals surface area contributed by atoms with E-state index in [2.05, 4.69) is 18.7 Å². The molecule has 0 aromatic rings. The number of nitrogens with two attached hydrogens (primary N) is 1. The van der Waals surface area contributed by atoms with Gasteiger partial charge in [-0.1, -0.05) is 19.3 Å². The Balaban J connectivity index is 1.96. The molecule has 1 heterocycles. The first kappa shape index (κ1) is 11.4. The Morgan fingerprint density at radius 2 is 1.60 bits per heavy atom. The van der Waals surface area contributed by atoms with Gasteiger partial charge in [-0.3, -0.25) is 4.90 Å². The third kappa shape index (κ3) is 2.54. The summed E-state index contributed by atoms with van der Waals surface area (Å²) in [5.41, 5.74) is 6.61. The van der Waals surface area contributed by atoms with E-state index in [1.807, 2.05) is 0 Å². The minimum atomic E-state index is 0.139. The van der Waals surface area contributed by atoms with E-state index in [0.29, 0.717) is 0 Å². The normalized spacial score (nSPS) is 37.0. The van der Waals surface area contributed by atoms with Gasteiger partial charge in [-0.2, -0.15) is 0 Å². The van der Waals surface area contributed by atoms with Crippen LogP contribution in [0.5, 0.6) is 0 Å². The molecule has 2 nitrogen and oxygen atoms in total. The number of likely N-dealkylation sites (tertiary alicyclic amines) is 1. The predicted molar refractivity (Wildman–Crippen MR) is 64.9 cm³/mol. The molecule has 1 aliphatic carbocycles. The zero-order valence-corrected chi connectivity index (χ0v) is 10.3. The first-order valence-electron chi connectivity index (χ1n) is 6.65. The van der Waals surface area contributed by atoms with Crippen LogP contribution in [0.3, 0.4) is 0 Å². The molecule has 0 amide bonds. The fourth-order valence-electron chi connectivity index (χ4n) is 3.39. The van der Waals surface area contributed by atoms with Crippen LogP contribution < -0.4 is 5.73 Å². The Morgan fingerprint density at radius 1 is 1.07 bits per heavy atom. The molecular weight excluding hydrogens is 184 g/mol. The van der Waals surface area contributed by atoms with Crippen molar-refractivity contribution in [1.82, 2.24) is 4.90 Å². The van der Waals surface area contributed by atoms with Gasteiger partial charge in [0, 0.05) is 24.2 Å². The molecule has 0 aromatic heterocycles. The van der Waals surface area contributed by atoms with E-state index in [-0.39, 0.29) is 5.54 Å². The van der Waals surface area contributed by atoms with Crippen LogP contribution >= 0.6 is 0 Å². The summed E-state index contributed by atoms with van der Waals surface area (Å²) in [6.45, 7) is 5.87. The molecule has 2 heteroatoms. The molecule has 0 bridgehead atoms. The minimum Gasteiger partial charge on any atom is -0.324 e. The van der Waals surface area contributed by atoms with Crippen molar-refractivity contribution in [3.05, 3.63) is 0 Å². The Kier molecular flexibility index (Phi) is 3.36. The summed E-state index contributed by atoms with van der Waals surface area (Å²) < 4.78 is 0. The highest BCUT2D eigenvalue weighted by molar-refractivity contribution is 4.95. The average molecular weight is 210 g/mol. The van der Waals surface area contributed by atoms with Crippen LogP contribution in [0.1, 0.15) is 58.8 Å². The lowest BCUT2D eigenvalue weighted by Gasteiger charge is -2.43. The van der Waals surface area contributed by atoms with Crippen molar-refractivity contribution in [2.75, 3.05) is 6.54 Å². The Morgan fingerprint density at radius 3 is 2.13 bits per heavy atom. The highest BCUT2D eigenvalue weighted by Gasteiger charge is 2.35. The van der Waals surface area contributed by atoms with Crippen molar-refractivity contribution in [2.24, 2.45) is 5.73 Å². The monoisotopic (exact) mass is 210 g/mol. The van der Waals surface area contributed by atoms with Gasteiger partial charge in [0.05, 0.1) is 0 Å². The van der Waals surface area contributed by atoms with Gasteiger partial charge in [0.15, 0.2) is 0 Å². The molecule has 0 aromatic carbocycles. The molecule has 1 saturated carbocycles. The number of piperidine rings is 1. The summed E-state index contributed by atoms with van der Waals surface area (Å²) in [5, 5.41) is 0. The number of nitrogens with zero attached hydrogens (tertiary/aromatic N) is 1. The van der Waals surface area contributed by atoms with E-state index in [0.717, 1.165) is 18.6 Å². The number of rotatable bonds is 2. The third-order valence-electron chi connectivity index (χ3n) is 4.47. The Labute approximate surface area is 94.2 Å². The molecule has 2 N–H and O–H groups in total. The SMILES string of the molecule is C[C@@H]1CCC[C@H](C)N1CC1(N)CCCC1. The van der Waals surface area contributed by atoms with Crippen molar-refractivity contribution in [3.8, 4) is 0 Å². The van der Waals surface area contributed by atoms with E-state index in [9.17, 15) is 0 Å². The molecule has 15 heavy (non-hydrogen) atoms. The van der Waals surface area contributed by atoms with Crippen molar-refractivity contribution in [2.45, 2.75) is 76.4 Å². The Bertz CT molecular complexity index is 199. The van der Waals surface area contributed by atoms with Crippen LogP contribution in [-0.2, 0) is 0 Å². The lowest BCUT2D eigenvalue weighted by Crippen LogP contribution is -2.54. The average Bonchev–Trinajstić information content (AvgIpc) is 2.60. The second kappa shape index (κ2) is 4.42. The summed E-state index contributed by atoms with van der Waals surface area (Å²) in [7, 11) is 0. The van der Waals surface area contributed by atoms with Gasteiger partial charge in [-0.05, 0) is 39.5 Å². The molecule has 0 spiro atoms. The van der Waals surface area contributed by atoms with Crippen LogP contribution in [0.4, 0.5) is 0 Å². The smallest absolute Gasteiger partial charge is 0.0283 e. The zero-order chi connectivity index (χ0) is 10.9. The lowest BCUT2D eigenvalue weighted by molar-refractivity contribution is 0.0762. The summed E-state index contributed by atoms with van der Waals surface area (Å²) in [6.07, 6.45) is 9.28. The molecule has 2 rings (SSSR count). The summed E-state index contributed by atoms with van der Waals surface area (Å²) >= 11 is 0.